The number of halogens is 2. The second-order valence-corrected chi connectivity index (χ2v) is 5.27. The van der Waals surface area contributed by atoms with Gasteiger partial charge in [0.1, 0.15) is 5.69 Å². The number of nitro groups is 1. The first-order valence-electron chi connectivity index (χ1n) is 5.64. The highest BCUT2D eigenvalue weighted by atomic mass is 79.9. The van der Waals surface area contributed by atoms with Gasteiger partial charge in [0.2, 0.25) is 11.8 Å². The van der Waals surface area contributed by atoms with Crippen LogP contribution in [0.1, 0.15) is 5.69 Å². The van der Waals surface area contributed by atoms with Crippen molar-refractivity contribution in [3.63, 3.8) is 0 Å². The van der Waals surface area contributed by atoms with Crippen LogP contribution in [0, 0.1) is 17.0 Å². The van der Waals surface area contributed by atoms with Crippen molar-refractivity contribution >= 4 is 50.7 Å². The van der Waals surface area contributed by atoms with Gasteiger partial charge in [-0.25, -0.2) is 10.8 Å². The van der Waals surface area contributed by atoms with E-state index in [1.54, 1.807) is 18.2 Å². The number of aromatic nitrogens is 2. The number of benzene rings is 1. The van der Waals surface area contributed by atoms with E-state index in [1.165, 1.54) is 6.92 Å². The number of hydrogen-bond acceptors (Lipinski definition) is 7. The number of aryl methyl sites for hydroxylation is 1. The number of anilines is 3. The van der Waals surface area contributed by atoms with Crippen molar-refractivity contribution in [2.24, 2.45) is 5.84 Å². The van der Waals surface area contributed by atoms with Gasteiger partial charge in [0.05, 0.1) is 10.6 Å². The van der Waals surface area contributed by atoms with Crippen LogP contribution in [0.15, 0.2) is 22.7 Å². The van der Waals surface area contributed by atoms with Crippen LogP contribution in [0.25, 0.3) is 0 Å². The summed E-state index contributed by atoms with van der Waals surface area (Å²) in [5, 5.41) is 14.6. The summed E-state index contributed by atoms with van der Waals surface area (Å²) in [6, 6.07) is 4.98. The summed E-state index contributed by atoms with van der Waals surface area (Å²) in [7, 11) is 0. The second-order valence-electron chi connectivity index (χ2n) is 3.98. The normalized spacial score (nSPS) is 10.3. The fourth-order valence-electron chi connectivity index (χ4n) is 1.66. The molecule has 110 valence electrons. The number of nitrogens with zero attached hydrogens (tertiary/aromatic N) is 3. The van der Waals surface area contributed by atoms with Gasteiger partial charge in [0.15, 0.2) is 0 Å². The van der Waals surface area contributed by atoms with Crippen molar-refractivity contribution in [1.82, 2.24) is 9.97 Å². The molecule has 0 saturated heterocycles. The number of hydrogen-bond donors (Lipinski definition) is 3. The Morgan fingerprint density at radius 2 is 2.14 bits per heavy atom. The molecule has 2 aromatic rings. The fourth-order valence-corrected chi connectivity index (χ4v) is 2.44. The minimum absolute atomic E-state index is 0.0310. The van der Waals surface area contributed by atoms with E-state index in [0.717, 1.165) is 0 Å². The van der Waals surface area contributed by atoms with Crippen molar-refractivity contribution in [2.75, 3.05) is 10.7 Å². The highest BCUT2D eigenvalue weighted by molar-refractivity contribution is 9.10. The lowest BCUT2D eigenvalue weighted by Crippen LogP contribution is -2.13. The lowest BCUT2D eigenvalue weighted by molar-refractivity contribution is -0.385. The average molecular weight is 374 g/mol. The van der Waals surface area contributed by atoms with Gasteiger partial charge in [-0.15, -0.1) is 0 Å². The molecule has 0 fully saturated rings. The Morgan fingerprint density at radius 1 is 1.43 bits per heavy atom. The summed E-state index contributed by atoms with van der Waals surface area (Å²) in [6.07, 6.45) is 0. The molecule has 10 heteroatoms. The van der Waals surface area contributed by atoms with E-state index in [9.17, 15) is 10.1 Å². The minimum atomic E-state index is -0.554. The molecule has 1 aromatic heterocycles. The summed E-state index contributed by atoms with van der Waals surface area (Å²) in [5.74, 6) is 5.36. The van der Waals surface area contributed by atoms with Crippen LogP contribution in [0.5, 0.6) is 0 Å². The number of hydrazine groups is 1. The summed E-state index contributed by atoms with van der Waals surface area (Å²) >= 11 is 9.18. The fraction of sp³-hybridized carbons (Fsp3) is 0.0909. The third kappa shape index (κ3) is 3.38. The first kappa shape index (κ1) is 15.4. The van der Waals surface area contributed by atoms with Crippen LogP contribution in [-0.4, -0.2) is 14.9 Å². The predicted octanol–water partition coefficient (Wildman–Crippen LogP) is 3.14. The van der Waals surface area contributed by atoms with Crippen LogP contribution < -0.4 is 16.6 Å². The van der Waals surface area contributed by atoms with E-state index in [1.807, 2.05) is 0 Å². The lowest BCUT2D eigenvalue weighted by Gasteiger charge is -2.10. The summed E-state index contributed by atoms with van der Waals surface area (Å²) in [6.45, 7) is 1.50. The Balaban J connectivity index is 2.51. The molecule has 0 aliphatic carbocycles. The Bertz CT molecular complexity index is 711. The first-order valence-corrected chi connectivity index (χ1v) is 6.81. The maximum absolute atomic E-state index is 11.2. The molecule has 0 aliphatic rings. The van der Waals surface area contributed by atoms with Crippen LogP contribution >= 0.6 is 27.5 Å². The monoisotopic (exact) mass is 372 g/mol. The molecule has 0 unspecified atom stereocenters. The Labute approximate surface area is 133 Å². The highest BCUT2D eigenvalue weighted by Gasteiger charge is 2.22. The van der Waals surface area contributed by atoms with Crippen LogP contribution in [-0.2, 0) is 0 Å². The number of nitrogens with one attached hydrogen (secondary N) is 2. The van der Waals surface area contributed by atoms with Gasteiger partial charge < -0.3 is 5.32 Å². The van der Waals surface area contributed by atoms with Gasteiger partial charge in [-0.1, -0.05) is 11.6 Å². The third-order valence-corrected chi connectivity index (χ3v) is 3.45. The van der Waals surface area contributed by atoms with Gasteiger partial charge in [0, 0.05) is 9.50 Å². The molecule has 0 amide bonds. The topological polar surface area (TPSA) is 119 Å². The summed E-state index contributed by atoms with van der Waals surface area (Å²) in [5.41, 5.74) is 2.80. The Kier molecular flexibility index (Phi) is 4.56. The van der Waals surface area contributed by atoms with Gasteiger partial charge in [-0.3, -0.25) is 15.5 Å². The molecule has 0 saturated carbocycles. The van der Waals surface area contributed by atoms with Crippen LogP contribution in [0.4, 0.5) is 23.1 Å². The zero-order chi connectivity index (χ0) is 15.6. The quantitative estimate of drug-likeness (QED) is 0.428. The molecular weight excluding hydrogens is 364 g/mol. The standard InChI is InChI=1S/C11H10BrClN6O2/c1-5-9(19(20)21)10(17-11(15-5)18-14)16-8-3-2-6(13)4-7(8)12/h2-4H,14H2,1H3,(H2,15,16,17,18). The molecule has 4 N–H and O–H groups in total. The third-order valence-electron chi connectivity index (χ3n) is 2.55. The van der Waals surface area contributed by atoms with Gasteiger partial charge in [-0.2, -0.15) is 4.98 Å². The zero-order valence-corrected chi connectivity index (χ0v) is 13.1. The molecule has 0 aliphatic heterocycles. The van der Waals surface area contributed by atoms with Crippen molar-refractivity contribution < 1.29 is 4.92 Å². The van der Waals surface area contributed by atoms with Gasteiger partial charge in [0.25, 0.3) is 0 Å². The number of nitrogen functional groups attached to an aromatic ring is 1. The largest absolute Gasteiger partial charge is 0.333 e. The molecule has 8 nitrogen and oxygen atoms in total. The molecule has 2 rings (SSSR count). The molecular formula is C11H10BrClN6O2. The maximum atomic E-state index is 11.2. The van der Waals surface area contributed by atoms with Crippen molar-refractivity contribution in [3.05, 3.63) is 43.5 Å². The Hall–Kier alpha value is -1.97. The van der Waals surface area contributed by atoms with E-state index in [-0.39, 0.29) is 23.1 Å². The molecule has 21 heavy (non-hydrogen) atoms. The van der Waals surface area contributed by atoms with E-state index >= 15 is 0 Å². The van der Waals surface area contributed by atoms with Crippen molar-refractivity contribution in [2.45, 2.75) is 6.92 Å². The lowest BCUT2D eigenvalue weighted by atomic mass is 10.3. The van der Waals surface area contributed by atoms with Gasteiger partial charge in [-0.05, 0) is 41.1 Å². The molecule has 1 heterocycles. The predicted molar refractivity (Wildman–Crippen MR) is 83.7 cm³/mol. The van der Waals surface area contributed by atoms with Crippen LogP contribution in [0.2, 0.25) is 5.02 Å². The molecule has 0 radical (unpaired) electrons. The first-order chi connectivity index (χ1) is 9.92. The second kappa shape index (κ2) is 6.20. The maximum Gasteiger partial charge on any atom is 0.332 e. The van der Waals surface area contributed by atoms with Crippen molar-refractivity contribution in [1.29, 1.82) is 0 Å². The minimum Gasteiger partial charge on any atom is -0.333 e. The number of nitrogens with two attached hydrogens (primary N) is 1. The zero-order valence-electron chi connectivity index (χ0n) is 10.7. The molecule has 1 aromatic carbocycles. The number of rotatable bonds is 4. The van der Waals surface area contributed by atoms with E-state index < -0.39 is 4.92 Å². The summed E-state index contributed by atoms with van der Waals surface area (Å²) < 4.78 is 0.642. The SMILES string of the molecule is Cc1nc(NN)nc(Nc2ccc(Cl)cc2Br)c1[N+](=O)[O-]. The van der Waals surface area contributed by atoms with E-state index in [0.29, 0.717) is 15.2 Å². The van der Waals surface area contributed by atoms with Crippen LogP contribution in [0.3, 0.4) is 0 Å². The summed E-state index contributed by atoms with van der Waals surface area (Å²) in [4.78, 5) is 18.5. The van der Waals surface area contributed by atoms with Crippen molar-refractivity contribution in [3.8, 4) is 0 Å². The van der Waals surface area contributed by atoms with E-state index in [4.69, 9.17) is 17.4 Å². The van der Waals surface area contributed by atoms with E-state index in [2.05, 4.69) is 36.6 Å². The molecule has 0 atom stereocenters. The molecule has 0 bridgehead atoms. The van der Waals surface area contributed by atoms with Gasteiger partial charge >= 0.3 is 5.69 Å². The smallest absolute Gasteiger partial charge is 0.332 e. The highest BCUT2D eigenvalue weighted by Crippen LogP contribution is 2.33. The molecule has 0 spiro atoms. The average Bonchev–Trinajstić information content (AvgIpc) is 2.40. The Morgan fingerprint density at radius 3 is 2.71 bits per heavy atom.